The normalized spacial score (nSPS) is 20.9. The van der Waals surface area contributed by atoms with Crippen LogP contribution in [0.3, 0.4) is 0 Å². The van der Waals surface area contributed by atoms with Crippen LogP contribution in [0.5, 0.6) is 5.88 Å². The number of hydrogen-bond donors (Lipinski definition) is 0. The maximum Gasteiger partial charge on any atom is 0.271 e. The minimum atomic E-state index is -0.545. The number of benzene rings is 1. The smallest absolute Gasteiger partial charge is 0.271 e. The molecule has 4 aromatic rings. The van der Waals surface area contributed by atoms with Gasteiger partial charge < -0.3 is 18.9 Å². The summed E-state index contributed by atoms with van der Waals surface area (Å²) in [4.78, 5) is 21.1. The van der Waals surface area contributed by atoms with Crippen molar-refractivity contribution >= 4 is 28.5 Å². The average molecular weight is 547 g/mol. The first kappa shape index (κ1) is 25.7. The molecule has 0 N–H and O–H groups in total. The van der Waals surface area contributed by atoms with Gasteiger partial charge in [0.2, 0.25) is 5.82 Å². The van der Waals surface area contributed by atoms with Gasteiger partial charge in [-0.25, -0.2) is 9.97 Å². The summed E-state index contributed by atoms with van der Waals surface area (Å²) in [7, 11) is 0. The summed E-state index contributed by atoms with van der Waals surface area (Å²) in [5.41, 5.74) is 2.74. The fourth-order valence-corrected chi connectivity index (χ4v) is 5.45. The van der Waals surface area contributed by atoms with Gasteiger partial charge in [-0.3, -0.25) is 0 Å². The lowest BCUT2D eigenvalue weighted by Crippen LogP contribution is -2.32. The zero-order valence-corrected chi connectivity index (χ0v) is 22.1. The molecule has 8 nitrogen and oxygen atoms in total. The van der Waals surface area contributed by atoms with Gasteiger partial charge in [-0.1, -0.05) is 30.3 Å². The van der Waals surface area contributed by atoms with Gasteiger partial charge in [-0.2, -0.15) is 9.37 Å². The molecule has 10 heteroatoms. The van der Waals surface area contributed by atoms with Gasteiger partial charge in [0.15, 0.2) is 0 Å². The molecule has 2 aliphatic rings. The van der Waals surface area contributed by atoms with Crippen molar-refractivity contribution in [3.63, 3.8) is 0 Å². The number of hydrogen-bond acceptors (Lipinski definition) is 6. The van der Waals surface area contributed by atoms with Crippen LogP contribution in [0.1, 0.15) is 49.3 Å². The fraction of sp³-hybridized carbons (Fsp3) is 0.414. The van der Waals surface area contributed by atoms with Crippen molar-refractivity contribution in [1.82, 2.24) is 24.5 Å². The average Bonchev–Trinajstić information content (AvgIpc) is 3.26. The van der Waals surface area contributed by atoms with Crippen molar-refractivity contribution in [2.45, 2.75) is 63.7 Å². The molecule has 0 spiro atoms. The van der Waals surface area contributed by atoms with Gasteiger partial charge in [0, 0.05) is 24.5 Å². The predicted octanol–water partition coefficient (Wildman–Crippen LogP) is 6.12. The van der Waals surface area contributed by atoms with Crippen molar-refractivity contribution in [3.8, 4) is 5.88 Å². The predicted molar refractivity (Wildman–Crippen MR) is 144 cm³/mol. The Kier molecular flexibility index (Phi) is 7.40. The Morgan fingerprint density at radius 1 is 1.08 bits per heavy atom. The standard InChI is InChI=1S/C29H28ClFN6O2/c1-32-26-14-24-25(16-34-26)37(17-22-10-11-38-22)28(35-24)13-19-4-8-21(9-5-19)39-29-23(31)15-33-27(36-29)12-18-2-6-20(30)7-3-18/h2-3,6-7,14-16,19,21-22H,4-5,8-13,17H2/t19?,21?,22-/m0/s1. The number of ether oxygens (including phenoxy) is 2. The van der Waals surface area contributed by atoms with Crippen LogP contribution >= 0.6 is 11.6 Å². The second-order valence-electron chi connectivity index (χ2n) is 10.3. The summed E-state index contributed by atoms with van der Waals surface area (Å²) in [5, 5.41) is 0.661. The van der Waals surface area contributed by atoms with E-state index in [1.54, 1.807) is 12.3 Å². The quantitative estimate of drug-likeness (QED) is 0.248. The van der Waals surface area contributed by atoms with Crippen LogP contribution in [0.25, 0.3) is 15.9 Å². The van der Waals surface area contributed by atoms with E-state index in [1.807, 2.05) is 24.3 Å². The topological polar surface area (TPSA) is 79.3 Å². The molecule has 0 amide bonds. The third kappa shape index (κ3) is 5.87. The molecule has 1 saturated heterocycles. The van der Waals surface area contributed by atoms with Gasteiger partial charge in [0.25, 0.3) is 11.7 Å². The Morgan fingerprint density at radius 3 is 2.59 bits per heavy atom. The minimum absolute atomic E-state index is 0.0165. The molecular weight excluding hydrogens is 519 g/mol. The summed E-state index contributed by atoms with van der Waals surface area (Å²) < 4.78 is 28.4. The molecule has 3 aromatic heterocycles. The number of imidazole rings is 1. The second kappa shape index (κ2) is 11.2. The maximum atomic E-state index is 14.5. The molecule has 1 saturated carbocycles. The van der Waals surface area contributed by atoms with E-state index < -0.39 is 5.82 Å². The molecule has 6 rings (SSSR count). The first-order valence-corrected chi connectivity index (χ1v) is 13.7. The Hall–Kier alpha value is -3.61. The molecule has 200 valence electrons. The van der Waals surface area contributed by atoms with Crippen LogP contribution in [0.4, 0.5) is 10.2 Å². The number of nitrogens with zero attached hydrogens (tertiary/aromatic N) is 6. The van der Waals surface area contributed by atoms with E-state index in [-0.39, 0.29) is 18.1 Å². The lowest BCUT2D eigenvalue weighted by Gasteiger charge is -2.30. The minimum Gasteiger partial charge on any atom is -0.472 e. The van der Waals surface area contributed by atoms with Crippen molar-refractivity contribution in [1.29, 1.82) is 0 Å². The van der Waals surface area contributed by atoms with E-state index in [4.69, 9.17) is 32.6 Å². The number of halogens is 2. The number of rotatable bonds is 8. The van der Waals surface area contributed by atoms with E-state index in [1.165, 1.54) is 6.20 Å². The molecule has 0 radical (unpaired) electrons. The fourth-order valence-electron chi connectivity index (χ4n) is 5.32. The molecule has 1 aromatic carbocycles. The van der Waals surface area contributed by atoms with Crippen molar-refractivity contribution in [2.75, 3.05) is 6.61 Å². The number of pyridine rings is 1. The molecule has 2 fully saturated rings. The van der Waals surface area contributed by atoms with Gasteiger partial charge in [0.1, 0.15) is 29.5 Å². The van der Waals surface area contributed by atoms with Gasteiger partial charge in [0.05, 0.1) is 24.4 Å². The maximum absolute atomic E-state index is 14.5. The molecule has 1 aliphatic carbocycles. The largest absolute Gasteiger partial charge is 0.472 e. The zero-order chi connectivity index (χ0) is 26.8. The first-order valence-electron chi connectivity index (χ1n) is 13.3. The van der Waals surface area contributed by atoms with E-state index in [0.29, 0.717) is 29.0 Å². The number of fused-ring (bicyclic) bond motifs is 1. The molecule has 0 bridgehead atoms. The third-order valence-electron chi connectivity index (χ3n) is 7.57. The number of aromatic nitrogens is 5. The summed E-state index contributed by atoms with van der Waals surface area (Å²) in [6.07, 6.45) is 8.90. The summed E-state index contributed by atoms with van der Waals surface area (Å²) in [6, 6.07) is 9.20. The second-order valence-corrected chi connectivity index (χ2v) is 10.7. The van der Waals surface area contributed by atoms with Crippen molar-refractivity contribution < 1.29 is 13.9 Å². The van der Waals surface area contributed by atoms with Gasteiger partial charge in [-0.05, 0) is 61.8 Å². The molecule has 1 atom stereocenters. The zero-order valence-electron chi connectivity index (χ0n) is 21.4. The Morgan fingerprint density at radius 2 is 1.87 bits per heavy atom. The van der Waals surface area contributed by atoms with E-state index >= 15 is 0 Å². The lowest BCUT2D eigenvalue weighted by atomic mass is 9.85. The van der Waals surface area contributed by atoms with Crippen molar-refractivity contribution in [3.05, 3.63) is 82.2 Å². The van der Waals surface area contributed by atoms with Crippen LogP contribution in [0, 0.1) is 18.3 Å². The van der Waals surface area contributed by atoms with Crippen LogP contribution < -0.4 is 4.74 Å². The van der Waals surface area contributed by atoms with E-state index in [9.17, 15) is 4.39 Å². The monoisotopic (exact) mass is 546 g/mol. The van der Waals surface area contributed by atoms with Gasteiger partial charge in [-0.15, -0.1) is 4.98 Å². The summed E-state index contributed by atoms with van der Waals surface area (Å²) in [5.74, 6) is 1.77. The van der Waals surface area contributed by atoms with E-state index in [2.05, 4.69) is 24.4 Å². The van der Waals surface area contributed by atoms with Crippen LogP contribution in [0.2, 0.25) is 5.02 Å². The molecule has 1 aliphatic heterocycles. The van der Waals surface area contributed by atoms with E-state index in [0.717, 1.165) is 74.1 Å². The molecular formula is C29H28ClFN6O2. The Balaban J connectivity index is 1.10. The Bertz CT molecular complexity index is 1510. The van der Waals surface area contributed by atoms with Gasteiger partial charge >= 0.3 is 0 Å². The third-order valence-corrected chi connectivity index (χ3v) is 7.83. The lowest BCUT2D eigenvalue weighted by molar-refractivity contribution is -0.0590. The SMILES string of the molecule is [C-]#[N+]c1cc2nc(CC3CCC(Oc4nc(Cc5ccc(Cl)cc5)ncc4F)CC3)n(C[C@@H]3CCO3)c2cn1. The highest BCUT2D eigenvalue weighted by atomic mass is 35.5. The highest BCUT2D eigenvalue weighted by molar-refractivity contribution is 6.30. The highest BCUT2D eigenvalue weighted by Crippen LogP contribution is 2.32. The molecule has 4 heterocycles. The molecule has 0 unspecified atom stereocenters. The first-order chi connectivity index (χ1) is 19.0. The van der Waals surface area contributed by atoms with Crippen molar-refractivity contribution in [2.24, 2.45) is 5.92 Å². The highest BCUT2D eigenvalue weighted by Gasteiger charge is 2.28. The van der Waals surface area contributed by atoms with Crippen LogP contribution in [-0.4, -0.2) is 43.3 Å². The van der Waals surface area contributed by atoms with Crippen LogP contribution in [0.15, 0.2) is 42.7 Å². The Labute approximate surface area is 231 Å². The molecule has 39 heavy (non-hydrogen) atoms. The van der Waals surface area contributed by atoms with Crippen LogP contribution in [-0.2, 0) is 24.1 Å². The summed E-state index contributed by atoms with van der Waals surface area (Å²) in [6.45, 7) is 8.82. The summed E-state index contributed by atoms with van der Waals surface area (Å²) >= 11 is 5.97.